The van der Waals surface area contributed by atoms with Crippen molar-refractivity contribution < 1.29 is 27.5 Å². The van der Waals surface area contributed by atoms with Gasteiger partial charge in [-0.3, -0.25) is 0 Å². The lowest BCUT2D eigenvalue weighted by molar-refractivity contribution is -0.201. The van der Waals surface area contributed by atoms with Crippen LogP contribution in [0.2, 0.25) is 0 Å². The molecule has 0 N–H and O–H groups in total. The highest BCUT2D eigenvalue weighted by Crippen LogP contribution is 2.33. The fourth-order valence-corrected chi connectivity index (χ4v) is 2.65. The van der Waals surface area contributed by atoms with Crippen molar-refractivity contribution in [1.82, 2.24) is 4.90 Å². The molecule has 0 radical (unpaired) electrons. The number of rotatable bonds is 1. The topological polar surface area (TPSA) is 46.6 Å². The summed E-state index contributed by atoms with van der Waals surface area (Å²) in [5.74, 6) is -2.91. The summed E-state index contributed by atoms with van der Waals surface area (Å²) < 4.78 is 39.5. The molecule has 4 nitrogen and oxygen atoms in total. The lowest BCUT2D eigenvalue weighted by atomic mass is 10.0. The zero-order chi connectivity index (χ0) is 12.6. The second kappa shape index (κ2) is 4.25. The van der Waals surface area contributed by atoms with Gasteiger partial charge in [0.2, 0.25) is 0 Å². The second-order valence-corrected chi connectivity index (χ2v) is 4.55. The molecule has 8 heteroatoms. The zero-order valence-corrected chi connectivity index (χ0v) is 9.31. The Labute approximate surface area is 98.8 Å². The van der Waals surface area contributed by atoms with E-state index in [-0.39, 0.29) is 11.7 Å². The first kappa shape index (κ1) is 12.3. The van der Waals surface area contributed by atoms with Crippen LogP contribution in [0.15, 0.2) is 11.1 Å². The third-order valence-electron chi connectivity index (χ3n) is 2.56. The minimum atomic E-state index is -5.15. The number of halogens is 3. The summed E-state index contributed by atoms with van der Waals surface area (Å²) in [6.07, 6.45) is -4.25. The van der Waals surface area contributed by atoms with Crippen LogP contribution in [-0.2, 0) is 14.3 Å². The van der Waals surface area contributed by atoms with E-state index in [9.17, 15) is 22.8 Å². The summed E-state index contributed by atoms with van der Waals surface area (Å²) in [4.78, 5) is 23.5. The SMILES string of the molecule is O=C(OC(=O)C(F)(F)F)C1=CSCC2CCN12. The van der Waals surface area contributed by atoms with Crippen LogP contribution in [0.5, 0.6) is 0 Å². The highest BCUT2D eigenvalue weighted by molar-refractivity contribution is 8.02. The Hall–Kier alpha value is -1.18. The maximum atomic E-state index is 11.9. The van der Waals surface area contributed by atoms with Gasteiger partial charge in [-0.25, -0.2) is 9.59 Å². The number of ether oxygens (including phenoxy) is 1. The quantitative estimate of drug-likeness (QED) is 0.529. The van der Waals surface area contributed by atoms with Crippen molar-refractivity contribution in [2.75, 3.05) is 12.3 Å². The Morgan fingerprint density at radius 2 is 2.18 bits per heavy atom. The number of carbonyl (C=O) groups is 2. The van der Waals surface area contributed by atoms with E-state index in [4.69, 9.17) is 0 Å². The number of hydrogen-bond acceptors (Lipinski definition) is 5. The summed E-state index contributed by atoms with van der Waals surface area (Å²) in [6, 6.07) is 0.161. The normalized spacial score (nSPS) is 23.4. The predicted molar refractivity (Wildman–Crippen MR) is 52.8 cm³/mol. The molecule has 1 unspecified atom stereocenters. The molecule has 2 heterocycles. The van der Waals surface area contributed by atoms with Gasteiger partial charge in [-0.2, -0.15) is 13.2 Å². The number of nitrogens with zero attached hydrogens (tertiary/aromatic N) is 1. The van der Waals surface area contributed by atoms with Gasteiger partial charge in [0.05, 0.1) is 0 Å². The monoisotopic (exact) mass is 267 g/mol. The van der Waals surface area contributed by atoms with Crippen LogP contribution in [-0.4, -0.2) is 41.4 Å². The molecule has 0 aromatic rings. The molecule has 2 aliphatic heterocycles. The molecule has 0 spiro atoms. The summed E-state index contributed by atoms with van der Waals surface area (Å²) in [5.41, 5.74) is 0.0371. The Kier molecular flexibility index (Phi) is 3.07. The third-order valence-corrected chi connectivity index (χ3v) is 3.53. The van der Waals surface area contributed by atoms with Crippen LogP contribution in [0.25, 0.3) is 0 Å². The number of hydrogen-bond donors (Lipinski definition) is 0. The van der Waals surface area contributed by atoms with E-state index in [0.29, 0.717) is 6.54 Å². The molecule has 1 fully saturated rings. The number of thioether (sulfide) groups is 1. The smallest absolute Gasteiger partial charge is 0.382 e. The first-order chi connectivity index (χ1) is 7.89. The Morgan fingerprint density at radius 1 is 1.47 bits per heavy atom. The van der Waals surface area contributed by atoms with Crippen molar-refractivity contribution in [1.29, 1.82) is 0 Å². The molecule has 0 aromatic carbocycles. The number of carbonyl (C=O) groups excluding carboxylic acids is 2. The average Bonchev–Trinajstić information content (AvgIpc) is 2.17. The van der Waals surface area contributed by atoms with Crippen LogP contribution in [0.4, 0.5) is 13.2 Å². The van der Waals surface area contributed by atoms with Gasteiger partial charge in [0.25, 0.3) is 0 Å². The van der Waals surface area contributed by atoms with Gasteiger partial charge in [-0.15, -0.1) is 11.8 Å². The Morgan fingerprint density at radius 3 is 2.71 bits per heavy atom. The molecule has 0 bridgehead atoms. The molecule has 94 valence electrons. The summed E-state index contributed by atoms with van der Waals surface area (Å²) >= 11 is 1.33. The minimum Gasteiger partial charge on any atom is -0.382 e. The number of fused-ring (bicyclic) bond motifs is 1. The van der Waals surface area contributed by atoms with Gasteiger partial charge in [-0.05, 0) is 6.42 Å². The van der Waals surface area contributed by atoms with Gasteiger partial charge in [0.1, 0.15) is 5.70 Å². The molecular weight excluding hydrogens is 259 g/mol. The second-order valence-electron chi connectivity index (χ2n) is 3.65. The summed E-state index contributed by atoms with van der Waals surface area (Å²) in [5, 5.41) is 1.43. The Bertz CT molecular complexity index is 393. The minimum absolute atomic E-state index is 0.0371. The summed E-state index contributed by atoms with van der Waals surface area (Å²) in [6.45, 7) is 0.604. The van der Waals surface area contributed by atoms with E-state index in [2.05, 4.69) is 4.74 Å². The lowest BCUT2D eigenvalue weighted by Crippen LogP contribution is -2.51. The van der Waals surface area contributed by atoms with Crippen molar-refractivity contribution in [3.8, 4) is 0 Å². The fraction of sp³-hybridized carbons (Fsp3) is 0.556. The first-order valence-electron chi connectivity index (χ1n) is 4.81. The molecule has 1 atom stereocenters. The van der Waals surface area contributed by atoms with Gasteiger partial charge in [0, 0.05) is 23.7 Å². The lowest BCUT2D eigenvalue weighted by Gasteiger charge is -2.45. The van der Waals surface area contributed by atoms with Crippen molar-refractivity contribution >= 4 is 23.7 Å². The number of alkyl halides is 3. The largest absolute Gasteiger partial charge is 0.491 e. The molecule has 0 saturated carbocycles. The van der Waals surface area contributed by atoms with E-state index in [0.717, 1.165) is 12.2 Å². The highest BCUT2D eigenvalue weighted by atomic mass is 32.2. The van der Waals surface area contributed by atoms with Crippen LogP contribution >= 0.6 is 11.8 Å². The van der Waals surface area contributed by atoms with Crippen molar-refractivity contribution in [2.24, 2.45) is 0 Å². The van der Waals surface area contributed by atoms with E-state index < -0.39 is 18.1 Å². The van der Waals surface area contributed by atoms with E-state index in [1.807, 2.05) is 0 Å². The van der Waals surface area contributed by atoms with Gasteiger partial charge >= 0.3 is 18.1 Å². The standard InChI is InChI=1S/C9H8F3NO3S/c10-9(11,12)8(15)16-7(14)6-4-17-3-5-1-2-13(5)6/h4-5H,1-3H2. The molecule has 0 amide bonds. The van der Waals surface area contributed by atoms with E-state index >= 15 is 0 Å². The van der Waals surface area contributed by atoms with Gasteiger partial charge in [0.15, 0.2) is 0 Å². The highest BCUT2D eigenvalue weighted by Gasteiger charge is 2.44. The molecule has 1 saturated heterocycles. The predicted octanol–water partition coefficient (Wildman–Crippen LogP) is 1.28. The van der Waals surface area contributed by atoms with Gasteiger partial charge in [-0.1, -0.05) is 0 Å². The summed E-state index contributed by atoms with van der Waals surface area (Å²) in [7, 11) is 0. The molecule has 2 rings (SSSR count). The zero-order valence-electron chi connectivity index (χ0n) is 8.49. The maximum Gasteiger partial charge on any atom is 0.491 e. The first-order valence-corrected chi connectivity index (χ1v) is 5.86. The third kappa shape index (κ3) is 2.41. The Balaban J connectivity index is 2.01. The van der Waals surface area contributed by atoms with Crippen LogP contribution in [0, 0.1) is 0 Å². The van der Waals surface area contributed by atoms with Crippen molar-refractivity contribution in [3.63, 3.8) is 0 Å². The van der Waals surface area contributed by atoms with Crippen LogP contribution in [0.1, 0.15) is 6.42 Å². The van der Waals surface area contributed by atoms with E-state index in [1.54, 1.807) is 4.90 Å². The van der Waals surface area contributed by atoms with Crippen molar-refractivity contribution in [3.05, 3.63) is 11.1 Å². The molecule has 0 aromatic heterocycles. The average molecular weight is 267 g/mol. The van der Waals surface area contributed by atoms with E-state index in [1.165, 1.54) is 17.2 Å². The fourth-order valence-electron chi connectivity index (χ4n) is 1.60. The van der Waals surface area contributed by atoms with Crippen LogP contribution < -0.4 is 0 Å². The maximum absolute atomic E-state index is 11.9. The van der Waals surface area contributed by atoms with Gasteiger partial charge < -0.3 is 9.64 Å². The molecular formula is C9H8F3NO3S. The molecule has 0 aliphatic carbocycles. The molecule has 2 aliphatic rings. The van der Waals surface area contributed by atoms with Crippen LogP contribution in [0.3, 0.4) is 0 Å². The molecule has 17 heavy (non-hydrogen) atoms. The number of esters is 2. The van der Waals surface area contributed by atoms with Crippen molar-refractivity contribution in [2.45, 2.75) is 18.6 Å².